The van der Waals surface area contributed by atoms with E-state index in [9.17, 15) is 0 Å². The summed E-state index contributed by atoms with van der Waals surface area (Å²) < 4.78 is 0. The molecule has 0 radical (unpaired) electrons. The average molecular weight is 653 g/mol. The molecule has 0 N–H and O–H groups in total. The van der Waals surface area contributed by atoms with Crippen molar-refractivity contribution in [2.45, 2.75) is 158 Å². The molecule has 0 spiro atoms. The van der Waals surface area contributed by atoms with E-state index in [1.54, 1.807) is 0 Å². The normalized spacial score (nSPS) is 11.2. The second-order valence-electron chi connectivity index (χ2n) is 15.2. The van der Waals surface area contributed by atoms with E-state index in [0.29, 0.717) is 47.3 Å². The Bertz CT molecular complexity index is 1270. The Kier molecular flexibility index (Phi) is 19.1. The van der Waals surface area contributed by atoms with Gasteiger partial charge in [0.15, 0.2) is 0 Å². The molecule has 4 heteroatoms. The van der Waals surface area contributed by atoms with E-state index in [-0.39, 0.29) is 0 Å². The van der Waals surface area contributed by atoms with Crippen LogP contribution >= 0.6 is 0 Å². The molecule has 0 bridgehead atoms. The fraction of sp³-hybridized carbons (Fsp3) is 0.545. The zero-order valence-electron chi connectivity index (χ0n) is 33.3. The SMILES string of the molecule is CC(C)c1ccc(C(C)C)nc1.CC(C)c1cccc(C(C)C)n1.CC(C)c1cccnc1C(C)C.CC(C)c1ccnc(C(C)C)c1. The van der Waals surface area contributed by atoms with E-state index in [2.05, 4.69) is 179 Å². The summed E-state index contributed by atoms with van der Waals surface area (Å²) in [4.78, 5) is 17.7. The van der Waals surface area contributed by atoms with Gasteiger partial charge in [-0.05, 0) is 100 Å². The van der Waals surface area contributed by atoms with E-state index >= 15 is 0 Å². The van der Waals surface area contributed by atoms with E-state index in [0.717, 1.165) is 0 Å². The highest BCUT2D eigenvalue weighted by Gasteiger charge is 2.10. The van der Waals surface area contributed by atoms with Crippen LogP contribution in [0.3, 0.4) is 0 Å². The molecule has 0 atom stereocenters. The Morgan fingerprint density at radius 3 is 1.31 bits per heavy atom. The first-order valence-electron chi connectivity index (χ1n) is 18.3. The third-order valence-electron chi connectivity index (χ3n) is 8.15. The number of rotatable bonds is 8. The molecule has 0 fully saturated rings. The molecule has 48 heavy (non-hydrogen) atoms. The molecule has 4 rings (SSSR count). The molecule has 0 aliphatic heterocycles. The Hall–Kier alpha value is -3.40. The van der Waals surface area contributed by atoms with E-state index in [4.69, 9.17) is 0 Å². The van der Waals surface area contributed by atoms with Crippen molar-refractivity contribution in [2.24, 2.45) is 0 Å². The first-order chi connectivity index (χ1) is 22.5. The summed E-state index contributed by atoms with van der Waals surface area (Å²) in [6.07, 6.45) is 5.77. The Morgan fingerprint density at radius 2 is 0.917 bits per heavy atom. The van der Waals surface area contributed by atoms with Gasteiger partial charge in [0, 0.05) is 47.1 Å². The van der Waals surface area contributed by atoms with E-state index in [1.165, 1.54) is 45.2 Å². The predicted octanol–water partition coefficient (Wildman–Crippen LogP) is 13.3. The van der Waals surface area contributed by atoms with Gasteiger partial charge in [0.05, 0.1) is 0 Å². The van der Waals surface area contributed by atoms with Gasteiger partial charge in [-0.2, -0.15) is 0 Å². The Labute approximate surface area is 295 Å². The van der Waals surface area contributed by atoms with Crippen LogP contribution in [0, 0.1) is 0 Å². The maximum Gasteiger partial charge on any atom is 0.0463 e. The second kappa shape index (κ2) is 21.5. The van der Waals surface area contributed by atoms with Gasteiger partial charge < -0.3 is 0 Å². The lowest BCUT2D eigenvalue weighted by Gasteiger charge is -2.13. The maximum atomic E-state index is 4.57. The van der Waals surface area contributed by atoms with Crippen molar-refractivity contribution in [1.82, 2.24) is 19.9 Å². The van der Waals surface area contributed by atoms with Crippen LogP contribution in [-0.2, 0) is 0 Å². The average Bonchev–Trinajstić information content (AvgIpc) is 3.05. The highest BCUT2D eigenvalue weighted by Crippen LogP contribution is 2.23. The quantitative estimate of drug-likeness (QED) is 0.190. The van der Waals surface area contributed by atoms with Crippen molar-refractivity contribution in [2.75, 3.05) is 0 Å². The van der Waals surface area contributed by atoms with Crippen molar-refractivity contribution in [3.05, 3.63) is 118 Å². The number of pyridine rings is 4. The summed E-state index contributed by atoms with van der Waals surface area (Å²) in [5, 5.41) is 0. The number of hydrogen-bond acceptors (Lipinski definition) is 4. The Morgan fingerprint density at radius 1 is 0.375 bits per heavy atom. The second-order valence-corrected chi connectivity index (χ2v) is 15.2. The molecular weight excluding hydrogens is 585 g/mol. The topological polar surface area (TPSA) is 51.6 Å². The smallest absolute Gasteiger partial charge is 0.0463 e. The third-order valence-corrected chi connectivity index (χ3v) is 8.15. The molecule has 0 saturated carbocycles. The van der Waals surface area contributed by atoms with Crippen molar-refractivity contribution in [3.8, 4) is 0 Å². The summed E-state index contributed by atoms with van der Waals surface area (Å²) in [5.41, 5.74) is 10.1. The molecule has 0 aliphatic carbocycles. The first-order valence-corrected chi connectivity index (χ1v) is 18.3. The van der Waals surface area contributed by atoms with Gasteiger partial charge in [0.25, 0.3) is 0 Å². The fourth-order valence-electron chi connectivity index (χ4n) is 4.75. The highest BCUT2D eigenvalue weighted by atomic mass is 14.7. The summed E-state index contributed by atoms with van der Waals surface area (Å²) in [6, 6.07) is 19.1. The van der Waals surface area contributed by atoms with Crippen LogP contribution < -0.4 is 0 Å². The fourth-order valence-corrected chi connectivity index (χ4v) is 4.75. The third kappa shape index (κ3) is 15.2. The molecule has 264 valence electrons. The zero-order valence-corrected chi connectivity index (χ0v) is 33.3. The van der Waals surface area contributed by atoms with Gasteiger partial charge in [0.1, 0.15) is 0 Å². The van der Waals surface area contributed by atoms with Gasteiger partial charge in [-0.25, -0.2) is 0 Å². The van der Waals surface area contributed by atoms with Crippen molar-refractivity contribution >= 4 is 0 Å². The Balaban J connectivity index is 0.000000320. The van der Waals surface area contributed by atoms with E-state index in [1.807, 2.05) is 24.7 Å². The molecule has 4 aromatic rings. The minimum Gasteiger partial charge on any atom is -0.261 e. The molecule has 0 unspecified atom stereocenters. The van der Waals surface area contributed by atoms with Crippen LogP contribution in [0.1, 0.15) is 203 Å². The number of hydrogen-bond donors (Lipinski definition) is 0. The molecule has 0 aliphatic rings. The number of nitrogens with zero attached hydrogens (tertiary/aromatic N) is 4. The number of aromatic nitrogens is 4. The lowest BCUT2D eigenvalue weighted by Crippen LogP contribution is -2.00. The van der Waals surface area contributed by atoms with Gasteiger partial charge in [-0.3, -0.25) is 19.9 Å². The van der Waals surface area contributed by atoms with Crippen LogP contribution in [0.4, 0.5) is 0 Å². The lowest BCUT2D eigenvalue weighted by molar-refractivity contribution is 0.757. The van der Waals surface area contributed by atoms with Crippen molar-refractivity contribution in [3.63, 3.8) is 0 Å². The van der Waals surface area contributed by atoms with Gasteiger partial charge in [-0.1, -0.05) is 129 Å². The maximum absolute atomic E-state index is 4.57. The molecular formula is C44H68N4. The minimum atomic E-state index is 0.531. The van der Waals surface area contributed by atoms with Crippen LogP contribution in [0.5, 0.6) is 0 Å². The lowest BCUT2D eigenvalue weighted by atomic mass is 9.96. The molecule has 4 heterocycles. The summed E-state index contributed by atoms with van der Waals surface area (Å²) in [7, 11) is 0. The monoisotopic (exact) mass is 653 g/mol. The first kappa shape index (κ1) is 42.6. The largest absolute Gasteiger partial charge is 0.261 e. The summed E-state index contributed by atoms with van der Waals surface area (Å²) >= 11 is 0. The molecule has 0 saturated heterocycles. The molecule has 4 aromatic heterocycles. The van der Waals surface area contributed by atoms with Gasteiger partial charge >= 0.3 is 0 Å². The van der Waals surface area contributed by atoms with Crippen molar-refractivity contribution in [1.29, 1.82) is 0 Å². The van der Waals surface area contributed by atoms with Crippen LogP contribution in [0.2, 0.25) is 0 Å². The highest BCUT2D eigenvalue weighted by molar-refractivity contribution is 5.25. The zero-order chi connectivity index (χ0) is 36.6. The van der Waals surface area contributed by atoms with Crippen LogP contribution in [-0.4, -0.2) is 19.9 Å². The molecule has 0 amide bonds. The minimum absolute atomic E-state index is 0.531. The van der Waals surface area contributed by atoms with E-state index < -0.39 is 0 Å². The molecule has 4 nitrogen and oxygen atoms in total. The standard InChI is InChI=1S/4C11H17N/c1-8(2)10-5-6-12-11(7-10)9(3)4;1-8(2)10-5-6-11(9(3)4)12-7-10;1-8(2)10-6-5-7-12-11(10)9(3)4;1-8(2)10-6-5-7-11(12-10)9(3)4/h4*5-9H,1-4H3. The summed E-state index contributed by atoms with van der Waals surface area (Å²) in [5.74, 6) is 4.42. The predicted molar refractivity (Wildman–Crippen MR) is 210 cm³/mol. The van der Waals surface area contributed by atoms with Crippen LogP contribution in [0.25, 0.3) is 0 Å². The van der Waals surface area contributed by atoms with Gasteiger partial charge in [-0.15, -0.1) is 0 Å². The van der Waals surface area contributed by atoms with Crippen LogP contribution in [0.15, 0.2) is 73.2 Å². The molecule has 0 aromatic carbocycles. The summed E-state index contributed by atoms with van der Waals surface area (Å²) in [6.45, 7) is 35.0. The van der Waals surface area contributed by atoms with Gasteiger partial charge in [0.2, 0.25) is 0 Å². The van der Waals surface area contributed by atoms with Crippen molar-refractivity contribution < 1.29 is 0 Å².